The van der Waals surface area contributed by atoms with Gasteiger partial charge >= 0.3 is 23.9 Å². The highest BCUT2D eigenvalue weighted by Crippen LogP contribution is 2.38. The molecule has 0 aliphatic carbocycles. The molecule has 25 atom stereocenters. The van der Waals surface area contributed by atoms with Crippen molar-refractivity contribution in [1.82, 2.24) is 0 Å². The van der Waals surface area contributed by atoms with Crippen molar-refractivity contribution in [2.45, 2.75) is 294 Å². The molecule has 0 spiro atoms. The number of aliphatic hydroxyl groups excluding tert-OH is 8. The van der Waals surface area contributed by atoms with E-state index in [4.69, 9.17) is 56.8 Å². The van der Waals surface area contributed by atoms with Crippen molar-refractivity contribution in [2.24, 2.45) is 11.8 Å². The van der Waals surface area contributed by atoms with Gasteiger partial charge in [-0.15, -0.1) is 0 Å². The number of allylic oxidation sites excluding steroid dienone is 1. The van der Waals surface area contributed by atoms with Crippen LogP contribution in [-0.2, 0) is 76.0 Å². The van der Waals surface area contributed by atoms with Crippen LogP contribution in [0.15, 0.2) is 11.6 Å². The van der Waals surface area contributed by atoms with E-state index in [9.17, 15) is 60.0 Å². The second-order valence-corrected chi connectivity index (χ2v) is 22.1. The van der Waals surface area contributed by atoms with Crippen LogP contribution in [0.1, 0.15) is 153 Å². The van der Waals surface area contributed by atoms with Crippen molar-refractivity contribution in [1.29, 1.82) is 0 Å². The van der Waals surface area contributed by atoms with Crippen LogP contribution in [0.3, 0.4) is 0 Å². The fourth-order valence-electron chi connectivity index (χ4n) is 9.92. The summed E-state index contributed by atoms with van der Waals surface area (Å²) in [6.07, 6.45) is -24.6. The summed E-state index contributed by atoms with van der Waals surface area (Å²) in [6.45, 7) is 14.5. The molecule has 456 valence electrons. The Labute approximate surface area is 463 Å². The van der Waals surface area contributed by atoms with E-state index in [0.717, 1.165) is 51.4 Å². The van der Waals surface area contributed by atoms with Gasteiger partial charge in [0.15, 0.2) is 43.5 Å². The fourth-order valence-corrected chi connectivity index (χ4v) is 9.92. The van der Waals surface area contributed by atoms with E-state index in [1.807, 2.05) is 0 Å². The number of carbonyl (C=O) groups is 4. The SMILES string of the molecule is CC=C(C)C(=O)OC1C2OC(C)C(OC3OC(C)C(OC(=O)C(C)C(C)O)C(O)C3O)C1OC(=O)CCCCCCCCCC(CCCCC)OC1OC(C)C(O)C(O)C1OC1OC(COC(=O)C(C)C(C)O)C(O)C(O)C1O2. The molecule has 5 aliphatic rings. The van der Waals surface area contributed by atoms with Crippen LogP contribution in [-0.4, -0.2) is 212 Å². The number of ether oxygens (including phenoxy) is 12. The molecule has 0 aromatic carbocycles. The fraction of sp³-hybridized carbons (Fsp3) is 0.891. The molecule has 24 nitrogen and oxygen atoms in total. The van der Waals surface area contributed by atoms with Gasteiger partial charge in [0.1, 0.15) is 67.6 Å². The first-order valence-corrected chi connectivity index (χ1v) is 28.5. The largest absolute Gasteiger partial charge is 0.463 e. The van der Waals surface area contributed by atoms with Gasteiger partial charge in [0.2, 0.25) is 0 Å². The molecule has 5 aliphatic heterocycles. The molecule has 24 heteroatoms. The lowest BCUT2D eigenvalue weighted by molar-refractivity contribution is -0.399. The van der Waals surface area contributed by atoms with Gasteiger partial charge in [-0.05, 0) is 81.6 Å². The monoisotopic (exact) mass is 1140 g/mol. The summed E-state index contributed by atoms with van der Waals surface area (Å²) in [5.74, 6) is -5.43. The molecule has 5 heterocycles. The Bertz CT molecular complexity index is 1920. The van der Waals surface area contributed by atoms with Crippen molar-refractivity contribution in [3.8, 4) is 0 Å². The highest BCUT2D eigenvalue weighted by molar-refractivity contribution is 5.87. The summed E-state index contributed by atoms with van der Waals surface area (Å²) in [4.78, 5) is 53.8. The van der Waals surface area contributed by atoms with Crippen molar-refractivity contribution < 1.29 is 117 Å². The summed E-state index contributed by atoms with van der Waals surface area (Å²) in [5.41, 5.74) is 0.0830. The summed E-state index contributed by atoms with van der Waals surface area (Å²) in [7, 11) is 0. The lowest BCUT2D eigenvalue weighted by Gasteiger charge is -2.50. The third kappa shape index (κ3) is 18.0. The molecule has 79 heavy (non-hydrogen) atoms. The second kappa shape index (κ2) is 31.6. The number of carbonyl (C=O) groups excluding carboxylic acids is 4. The molecule has 2 bridgehead atoms. The number of unbranched alkanes of at least 4 members (excludes halogenated alkanes) is 2. The Kier molecular flexibility index (Phi) is 26.7. The number of rotatable bonds is 15. The van der Waals surface area contributed by atoms with Crippen molar-refractivity contribution in [3.63, 3.8) is 0 Å². The Hall–Kier alpha value is -3.02. The molecule has 0 aromatic rings. The summed E-state index contributed by atoms with van der Waals surface area (Å²) < 4.78 is 74.3. The Balaban J connectivity index is 1.59. The number of aliphatic hydroxyl groups is 8. The summed E-state index contributed by atoms with van der Waals surface area (Å²) in [5, 5.41) is 90.0. The van der Waals surface area contributed by atoms with E-state index in [1.165, 1.54) is 54.5 Å². The molecular weight excluding hydrogens is 1040 g/mol. The quantitative estimate of drug-likeness (QED) is 0.0503. The Morgan fingerprint density at radius 3 is 1.81 bits per heavy atom. The smallest absolute Gasteiger partial charge is 0.333 e. The van der Waals surface area contributed by atoms with Crippen LogP contribution in [0.5, 0.6) is 0 Å². The second-order valence-electron chi connectivity index (χ2n) is 22.1. The van der Waals surface area contributed by atoms with Gasteiger partial charge in [0, 0.05) is 12.0 Å². The van der Waals surface area contributed by atoms with Gasteiger partial charge in [-0.25, -0.2) is 4.79 Å². The lowest BCUT2D eigenvalue weighted by Crippen LogP contribution is -2.68. The maximum atomic E-state index is 14.1. The topological polar surface area (TPSA) is 341 Å². The van der Waals surface area contributed by atoms with Gasteiger partial charge in [0.05, 0.1) is 48.5 Å². The van der Waals surface area contributed by atoms with E-state index in [0.29, 0.717) is 25.7 Å². The van der Waals surface area contributed by atoms with Gasteiger partial charge in [0.25, 0.3) is 0 Å². The zero-order valence-electron chi connectivity index (χ0n) is 47.5. The van der Waals surface area contributed by atoms with E-state index in [-0.39, 0.29) is 18.1 Å². The molecule has 5 rings (SSSR count). The Morgan fingerprint density at radius 2 is 1.18 bits per heavy atom. The van der Waals surface area contributed by atoms with Gasteiger partial charge in [-0.3, -0.25) is 14.4 Å². The Morgan fingerprint density at radius 1 is 0.608 bits per heavy atom. The third-order valence-corrected chi connectivity index (χ3v) is 15.8. The van der Waals surface area contributed by atoms with Crippen LogP contribution < -0.4 is 0 Å². The van der Waals surface area contributed by atoms with E-state index in [1.54, 1.807) is 13.8 Å². The third-order valence-electron chi connectivity index (χ3n) is 15.8. The average molecular weight is 1140 g/mol. The number of hydrogen-bond acceptors (Lipinski definition) is 24. The van der Waals surface area contributed by atoms with Gasteiger partial charge in [-0.2, -0.15) is 0 Å². The van der Waals surface area contributed by atoms with E-state index < -0.39 is 177 Å². The number of fused-ring (bicyclic) bond motifs is 4. The summed E-state index contributed by atoms with van der Waals surface area (Å²) >= 11 is 0. The number of hydrogen-bond donors (Lipinski definition) is 8. The molecule has 0 aromatic heterocycles. The zero-order chi connectivity index (χ0) is 58.4. The maximum Gasteiger partial charge on any atom is 0.333 e. The minimum atomic E-state index is -2.05. The average Bonchev–Trinajstić information content (AvgIpc) is 3.41. The highest BCUT2D eigenvalue weighted by atomic mass is 16.8. The van der Waals surface area contributed by atoms with Crippen LogP contribution >= 0.6 is 0 Å². The minimum Gasteiger partial charge on any atom is -0.463 e. The van der Waals surface area contributed by atoms with Crippen LogP contribution in [0.4, 0.5) is 0 Å². The van der Waals surface area contributed by atoms with Gasteiger partial charge in [-0.1, -0.05) is 70.8 Å². The minimum absolute atomic E-state index is 0.0830. The van der Waals surface area contributed by atoms with Crippen molar-refractivity contribution in [3.05, 3.63) is 11.6 Å². The molecule has 8 N–H and O–H groups in total. The standard InChI is InChI=1S/C55H92O24/c1-11-13-19-22-34-23-20-17-15-14-16-18-21-24-36(58)74-47-44(77-52-42(64)41(63)43(32(9)70-52)75-51(67)28(5)30(7)57)33(10)71-55(48(47)76-49(65)26(3)12-2)79-46-40(62)38(60)35(25-68-50(66)27(4)29(6)56)73-54(46)78-45-39(61)37(59)31(8)69-53(45)72-34/h12,27-35,37-48,52-57,59-64H,11,13-25H2,1-10H3. The maximum absolute atomic E-state index is 14.1. The normalized spacial score (nSPS) is 40.3. The molecule has 25 unspecified atom stereocenters. The summed E-state index contributed by atoms with van der Waals surface area (Å²) in [6, 6.07) is 0. The molecule has 5 saturated heterocycles. The van der Waals surface area contributed by atoms with E-state index in [2.05, 4.69) is 6.92 Å². The first-order valence-electron chi connectivity index (χ1n) is 28.5. The van der Waals surface area contributed by atoms with Gasteiger partial charge < -0.3 is 97.7 Å². The molecular formula is C55H92O24. The molecule has 0 radical (unpaired) electrons. The van der Waals surface area contributed by atoms with Crippen molar-refractivity contribution >= 4 is 23.9 Å². The molecule has 0 saturated carbocycles. The molecule has 0 amide bonds. The highest BCUT2D eigenvalue weighted by Gasteiger charge is 2.58. The van der Waals surface area contributed by atoms with Crippen LogP contribution in [0.2, 0.25) is 0 Å². The first-order chi connectivity index (χ1) is 37.4. The van der Waals surface area contributed by atoms with Crippen LogP contribution in [0, 0.1) is 11.8 Å². The predicted molar refractivity (Wildman–Crippen MR) is 275 cm³/mol. The number of esters is 4. The van der Waals surface area contributed by atoms with Crippen LogP contribution in [0.25, 0.3) is 0 Å². The predicted octanol–water partition coefficient (Wildman–Crippen LogP) is 2.04. The zero-order valence-corrected chi connectivity index (χ0v) is 47.5. The molecule has 5 fully saturated rings. The first kappa shape index (κ1) is 66.8. The lowest BCUT2D eigenvalue weighted by atomic mass is 9.95. The van der Waals surface area contributed by atoms with E-state index >= 15 is 0 Å². The van der Waals surface area contributed by atoms with Crippen molar-refractivity contribution in [2.75, 3.05) is 6.61 Å².